The predicted octanol–water partition coefficient (Wildman–Crippen LogP) is 1.72. The fourth-order valence-electron chi connectivity index (χ4n) is 2.20. The first-order valence-electron chi connectivity index (χ1n) is 7.49. The molecule has 1 fully saturated rings. The van der Waals surface area contributed by atoms with E-state index in [9.17, 15) is 0 Å². The Labute approximate surface area is 125 Å². The Balaban J connectivity index is 1.66. The first kappa shape index (κ1) is 15.2. The summed E-state index contributed by atoms with van der Waals surface area (Å²) in [5.74, 6) is 2.24. The third-order valence-electron chi connectivity index (χ3n) is 3.24. The van der Waals surface area contributed by atoms with Crippen molar-refractivity contribution in [1.29, 1.82) is 0 Å². The molecular formula is C14H25N5S. The number of thioether (sulfide) groups is 1. The second kappa shape index (κ2) is 8.89. The van der Waals surface area contributed by atoms with Gasteiger partial charge in [0.25, 0.3) is 0 Å². The molecule has 0 saturated carbocycles. The molecule has 0 radical (unpaired) electrons. The van der Waals surface area contributed by atoms with Crippen LogP contribution in [0.4, 0.5) is 0 Å². The molecule has 6 heteroatoms. The fourth-order valence-corrected chi connectivity index (χ4v) is 3.38. The van der Waals surface area contributed by atoms with Gasteiger partial charge in [0.05, 0.1) is 6.54 Å². The summed E-state index contributed by atoms with van der Waals surface area (Å²) in [6.07, 6.45) is 7.52. The molecule has 2 heterocycles. The lowest BCUT2D eigenvalue weighted by Gasteiger charge is -2.12. The monoisotopic (exact) mass is 295 g/mol. The van der Waals surface area contributed by atoms with Crippen LogP contribution in [0, 0.1) is 0 Å². The maximum absolute atomic E-state index is 4.68. The third-order valence-corrected chi connectivity index (χ3v) is 4.62. The van der Waals surface area contributed by atoms with E-state index in [4.69, 9.17) is 0 Å². The SMILES string of the molecule is CCNC(=NCC1CCCS1)NCCCn1cccn1. The third kappa shape index (κ3) is 5.45. The topological polar surface area (TPSA) is 54.2 Å². The molecule has 5 nitrogen and oxygen atoms in total. The highest BCUT2D eigenvalue weighted by molar-refractivity contribution is 8.00. The zero-order valence-electron chi connectivity index (χ0n) is 12.2. The molecule has 0 aromatic carbocycles. The lowest BCUT2D eigenvalue weighted by Crippen LogP contribution is -2.38. The van der Waals surface area contributed by atoms with Gasteiger partial charge < -0.3 is 10.6 Å². The molecule has 2 rings (SSSR count). The van der Waals surface area contributed by atoms with Gasteiger partial charge in [0.15, 0.2) is 5.96 Å². The molecule has 1 aromatic heterocycles. The van der Waals surface area contributed by atoms with Gasteiger partial charge in [-0.05, 0) is 38.0 Å². The average Bonchev–Trinajstić information content (AvgIpc) is 3.13. The van der Waals surface area contributed by atoms with Crippen LogP contribution in [0.1, 0.15) is 26.2 Å². The molecule has 0 aliphatic carbocycles. The van der Waals surface area contributed by atoms with E-state index in [1.807, 2.05) is 23.1 Å². The Hall–Kier alpha value is -1.17. The second-order valence-electron chi connectivity index (χ2n) is 4.90. The zero-order valence-corrected chi connectivity index (χ0v) is 13.0. The summed E-state index contributed by atoms with van der Waals surface area (Å²) in [4.78, 5) is 4.68. The van der Waals surface area contributed by atoms with Crippen LogP contribution >= 0.6 is 11.8 Å². The highest BCUT2D eigenvalue weighted by Gasteiger charge is 2.14. The van der Waals surface area contributed by atoms with Crippen molar-refractivity contribution in [3.8, 4) is 0 Å². The smallest absolute Gasteiger partial charge is 0.191 e. The van der Waals surface area contributed by atoms with Gasteiger partial charge in [-0.25, -0.2) is 0 Å². The van der Waals surface area contributed by atoms with E-state index in [1.54, 1.807) is 0 Å². The summed E-state index contributed by atoms with van der Waals surface area (Å²) in [7, 11) is 0. The number of hydrogen-bond acceptors (Lipinski definition) is 3. The van der Waals surface area contributed by atoms with Gasteiger partial charge in [-0.2, -0.15) is 16.9 Å². The van der Waals surface area contributed by atoms with Crippen molar-refractivity contribution in [2.75, 3.05) is 25.4 Å². The normalized spacial score (nSPS) is 19.2. The number of rotatable bonds is 7. The molecule has 0 amide bonds. The van der Waals surface area contributed by atoms with Crippen LogP contribution < -0.4 is 10.6 Å². The molecule has 2 N–H and O–H groups in total. The van der Waals surface area contributed by atoms with E-state index in [1.165, 1.54) is 18.6 Å². The lowest BCUT2D eigenvalue weighted by molar-refractivity contribution is 0.570. The number of aryl methyl sites for hydroxylation is 1. The van der Waals surface area contributed by atoms with Gasteiger partial charge in [-0.1, -0.05) is 0 Å². The molecule has 20 heavy (non-hydrogen) atoms. The van der Waals surface area contributed by atoms with Crippen molar-refractivity contribution in [3.63, 3.8) is 0 Å². The highest BCUT2D eigenvalue weighted by Crippen LogP contribution is 2.25. The summed E-state index contributed by atoms with van der Waals surface area (Å²) in [6.45, 7) is 5.80. The van der Waals surface area contributed by atoms with Crippen molar-refractivity contribution in [3.05, 3.63) is 18.5 Å². The van der Waals surface area contributed by atoms with Crippen LogP contribution in [0.15, 0.2) is 23.5 Å². The highest BCUT2D eigenvalue weighted by atomic mass is 32.2. The lowest BCUT2D eigenvalue weighted by atomic mass is 10.2. The van der Waals surface area contributed by atoms with Crippen molar-refractivity contribution >= 4 is 17.7 Å². The van der Waals surface area contributed by atoms with Gasteiger partial charge in [-0.15, -0.1) is 0 Å². The molecule has 1 aliphatic heterocycles. The van der Waals surface area contributed by atoms with Crippen molar-refractivity contribution in [2.45, 2.75) is 38.0 Å². The van der Waals surface area contributed by atoms with Gasteiger partial charge >= 0.3 is 0 Å². The van der Waals surface area contributed by atoms with Crippen LogP contribution in [-0.4, -0.2) is 46.4 Å². The molecule has 1 aliphatic rings. The zero-order chi connectivity index (χ0) is 14.0. The van der Waals surface area contributed by atoms with Gasteiger partial charge in [-0.3, -0.25) is 9.67 Å². The first-order valence-corrected chi connectivity index (χ1v) is 8.54. The quantitative estimate of drug-likeness (QED) is 0.457. The summed E-state index contributed by atoms with van der Waals surface area (Å²) >= 11 is 2.05. The van der Waals surface area contributed by atoms with Crippen LogP contribution in [0.3, 0.4) is 0 Å². The molecular weight excluding hydrogens is 270 g/mol. The first-order chi connectivity index (χ1) is 9.88. The number of nitrogens with zero attached hydrogens (tertiary/aromatic N) is 3. The van der Waals surface area contributed by atoms with Crippen LogP contribution in [0.2, 0.25) is 0 Å². The van der Waals surface area contributed by atoms with Crippen molar-refractivity contribution in [2.24, 2.45) is 4.99 Å². The van der Waals surface area contributed by atoms with Crippen molar-refractivity contribution < 1.29 is 0 Å². The minimum Gasteiger partial charge on any atom is -0.357 e. The maximum Gasteiger partial charge on any atom is 0.191 e. The van der Waals surface area contributed by atoms with Crippen LogP contribution in [0.25, 0.3) is 0 Å². The predicted molar refractivity (Wildman–Crippen MR) is 86.3 cm³/mol. The largest absolute Gasteiger partial charge is 0.357 e. The van der Waals surface area contributed by atoms with E-state index in [0.717, 1.165) is 43.8 Å². The van der Waals surface area contributed by atoms with Gasteiger partial charge in [0, 0.05) is 37.3 Å². The Morgan fingerprint density at radius 2 is 2.45 bits per heavy atom. The van der Waals surface area contributed by atoms with E-state index < -0.39 is 0 Å². The standard InChI is InChI=1S/C14H25N5S/c1-2-15-14(17-12-13-6-3-11-20-13)16-7-4-9-19-10-5-8-18-19/h5,8,10,13H,2-4,6-7,9,11-12H2,1H3,(H2,15,16,17). The summed E-state index contributed by atoms with van der Waals surface area (Å²) in [5, 5.41) is 11.6. The minimum atomic E-state index is 0.717. The summed E-state index contributed by atoms with van der Waals surface area (Å²) in [6, 6.07) is 1.96. The second-order valence-corrected chi connectivity index (χ2v) is 6.31. The van der Waals surface area contributed by atoms with Crippen LogP contribution in [-0.2, 0) is 6.54 Å². The molecule has 1 aromatic rings. The number of guanidine groups is 1. The van der Waals surface area contributed by atoms with E-state index in [0.29, 0.717) is 0 Å². The molecule has 1 unspecified atom stereocenters. The Morgan fingerprint density at radius 3 is 3.15 bits per heavy atom. The molecule has 112 valence electrons. The number of aliphatic imine (C=N–C) groups is 1. The van der Waals surface area contributed by atoms with Crippen molar-refractivity contribution in [1.82, 2.24) is 20.4 Å². The summed E-state index contributed by atoms with van der Waals surface area (Å²) < 4.78 is 1.96. The Bertz CT molecular complexity index is 384. The van der Waals surface area contributed by atoms with E-state index in [2.05, 4.69) is 39.4 Å². The maximum atomic E-state index is 4.68. The fraction of sp³-hybridized carbons (Fsp3) is 0.714. The van der Waals surface area contributed by atoms with E-state index in [-0.39, 0.29) is 0 Å². The summed E-state index contributed by atoms with van der Waals surface area (Å²) in [5.41, 5.74) is 0. The molecule has 1 saturated heterocycles. The number of hydrogen-bond donors (Lipinski definition) is 2. The Kier molecular flexibility index (Phi) is 6.77. The van der Waals surface area contributed by atoms with Gasteiger partial charge in [0.1, 0.15) is 0 Å². The molecule has 0 spiro atoms. The molecule has 1 atom stereocenters. The molecule has 0 bridgehead atoms. The minimum absolute atomic E-state index is 0.717. The van der Waals surface area contributed by atoms with Gasteiger partial charge in [0.2, 0.25) is 0 Å². The van der Waals surface area contributed by atoms with E-state index >= 15 is 0 Å². The Morgan fingerprint density at radius 1 is 1.50 bits per heavy atom. The average molecular weight is 295 g/mol. The van der Waals surface area contributed by atoms with Crippen LogP contribution in [0.5, 0.6) is 0 Å². The number of nitrogens with one attached hydrogen (secondary N) is 2. The number of aromatic nitrogens is 2.